The van der Waals surface area contributed by atoms with Gasteiger partial charge in [0.2, 0.25) is 0 Å². The first kappa shape index (κ1) is 28.1. The predicted molar refractivity (Wildman–Crippen MR) is 92.5 cm³/mol. The molecule has 0 saturated carbocycles. The fourth-order valence-corrected chi connectivity index (χ4v) is 1.11. The smallest absolute Gasteiger partial charge is 0.0589 e. The zero-order chi connectivity index (χ0) is 17.0. The molecule has 0 bridgehead atoms. The molecule has 0 radical (unpaired) electrons. The van der Waals surface area contributed by atoms with E-state index in [2.05, 4.69) is 16.7 Å². The molecule has 4 heteroatoms. The second kappa shape index (κ2) is 27.2. The second-order valence-electron chi connectivity index (χ2n) is 4.52. The van der Waals surface area contributed by atoms with Crippen molar-refractivity contribution in [3.05, 3.63) is 0 Å². The van der Waals surface area contributed by atoms with Crippen molar-refractivity contribution in [2.75, 3.05) is 61.6 Å². The van der Waals surface area contributed by atoms with Crippen molar-refractivity contribution in [1.82, 2.24) is 9.80 Å². The summed E-state index contributed by atoms with van der Waals surface area (Å²) in [6, 6.07) is 0. The number of aliphatic hydroxyl groups is 1. The molecule has 1 N–H and O–H groups in total. The number of hydrogen-bond acceptors (Lipinski definition) is 4. The van der Waals surface area contributed by atoms with Crippen LogP contribution >= 0.6 is 0 Å². The Hall–Kier alpha value is -0.160. The van der Waals surface area contributed by atoms with Gasteiger partial charge in [-0.1, -0.05) is 34.6 Å². The molecule has 0 rings (SSSR count). The van der Waals surface area contributed by atoms with Crippen molar-refractivity contribution >= 4 is 0 Å². The van der Waals surface area contributed by atoms with Crippen LogP contribution in [0, 0.1) is 5.92 Å². The maximum absolute atomic E-state index is 8.75. The first-order valence-corrected chi connectivity index (χ1v) is 7.87. The van der Waals surface area contributed by atoms with Crippen LogP contribution in [-0.4, -0.2) is 76.5 Å². The van der Waals surface area contributed by atoms with E-state index in [4.69, 9.17) is 9.84 Å². The monoisotopic (exact) mass is 294 g/mol. The molecule has 0 heterocycles. The highest BCUT2D eigenvalue weighted by Gasteiger charge is 2.03. The Morgan fingerprint density at radius 3 is 1.50 bits per heavy atom. The highest BCUT2D eigenvalue weighted by atomic mass is 16.5. The van der Waals surface area contributed by atoms with E-state index in [-0.39, 0.29) is 0 Å². The van der Waals surface area contributed by atoms with Crippen LogP contribution in [0.5, 0.6) is 0 Å². The van der Waals surface area contributed by atoms with E-state index >= 15 is 0 Å². The lowest BCUT2D eigenvalue weighted by atomic mass is 10.1. The molecular formula is C16H42N2O2. The van der Waals surface area contributed by atoms with Crippen molar-refractivity contribution < 1.29 is 9.84 Å². The van der Waals surface area contributed by atoms with E-state index in [1.54, 1.807) is 7.11 Å². The molecule has 0 spiro atoms. The third kappa shape index (κ3) is 36.1. The van der Waals surface area contributed by atoms with Gasteiger partial charge in [-0.25, -0.2) is 0 Å². The van der Waals surface area contributed by atoms with Crippen LogP contribution in [0.25, 0.3) is 0 Å². The van der Waals surface area contributed by atoms with Gasteiger partial charge < -0.3 is 19.6 Å². The molecule has 0 aromatic heterocycles. The Labute approximate surface area is 129 Å². The number of aliphatic hydroxyl groups excluding tert-OH is 1. The Morgan fingerprint density at radius 1 is 0.950 bits per heavy atom. The molecule has 0 aromatic carbocycles. The van der Waals surface area contributed by atoms with Gasteiger partial charge in [0.05, 0.1) is 6.61 Å². The van der Waals surface area contributed by atoms with Crippen molar-refractivity contribution in [3.63, 3.8) is 0 Å². The maximum atomic E-state index is 8.75. The van der Waals surface area contributed by atoms with Gasteiger partial charge in [0.25, 0.3) is 0 Å². The minimum Gasteiger partial charge on any atom is -0.396 e. The van der Waals surface area contributed by atoms with E-state index in [1.165, 1.54) is 0 Å². The number of methoxy groups -OCH3 is 1. The predicted octanol–water partition coefficient (Wildman–Crippen LogP) is 2.81. The van der Waals surface area contributed by atoms with Crippen LogP contribution < -0.4 is 0 Å². The number of ether oxygens (including phenoxy) is 1. The molecule has 1 atom stereocenters. The molecular weight excluding hydrogens is 252 g/mol. The van der Waals surface area contributed by atoms with Crippen LogP contribution in [0.1, 0.15) is 41.0 Å². The van der Waals surface area contributed by atoms with Gasteiger partial charge >= 0.3 is 0 Å². The quantitative estimate of drug-likeness (QED) is 0.783. The average Bonchev–Trinajstić information content (AvgIpc) is 2.47. The van der Waals surface area contributed by atoms with Crippen molar-refractivity contribution in [1.29, 1.82) is 0 Å². The standard InChI is InChI=1S/C7H17NO.C5H13NO.2C2H6/c1-4-7(6-9)5-8(2)3;1-6(2)4-5-7-3;2*1-2/h7,9H,4-6H2,1-3H3;4-5H2,1-3H3;2*1-2H3. The number of likely N-dealkylation sites (N-methyl/N-ethyl adjacent to an activating group) is 1. The van der Waals surface area contributed by atoms with Crippen molar-refractivity contribution in [3.8, 4) is 0 Å². The van der Waals surface area contributed by atoms with Gasteiger partial charge in [-0.05, 0) is 40.5 Å². The molecule has 0 amide bonds. The van der Waals surface area contributed by atoms with Crippen LogP contribution in [0.3, 0.4) is 0 Å². The molecule has 0 aromatic rings. The average molecular weight is 295 g/mol. The summed E-state index contributed by atoms with van der Waals surface area (Å²) < 4.78 is 4.81. The Bertz CT molecular complexity index is 128. The first-order chi connectivity index (χ1) is 9.47. The first-order valence-electron chi connectivity index (χ1n) is 7.87. The highest BCUT2D eigenvalue weighted by Crippen LogP contribution is 2.00. The maximum Gasteiger partial charge on any atom is 0.0589 e. The number of rotatable bonds is 7. The zero-order valence-corrected chi connectivity index (χ0v) is 15.9. The van der Waals surface area contributed by atoms with Crippen molar-refractivity contribution in [2.24, 2.45) is 5.92 Å². The summed E-state index contributed by atoms with van der Waals surface area (Å²) in [6.07, 6.45) is 1.06. The minimum atomic E-state index is 0.314. The van der Waals surface area contributed by atoms with Crippen molar-refractivity contribution in [2.45, 2.75) is 41.0 Å². The van der Waals surface area contributed by atoms with Gasteiger partial charge in [-0.3, -0.25) is 0 Å². The topological polar surface area (TPSA) is 35.9 Å². The van der Waals surface area contributed by atoms with E-state index < -0.39 is 0 Å². The van der Waals surface area contributed by atoms with Gasteiger partial charge in [0, 0.05) is 26.8 Å². The third-order valence-electron chi connectivity index (χ3n) is 2.20. The molecule has 128 valence electrons. The number of nitrogens with zero attached hydrogens (tertiary/aromatic N) is 2. The van der Waals surface area contributed by atoms with Gasteiger partial charge in [0.15, 0.2) is 0 Å². The second-order valence-corrected chi connectivity index (χ2v) is 4.52. The van der Waals surface area contributed by atoms with Crippen LogP contribution in [0.2, 0.25) is 0 Å². The van der Waals surface area contributed by atoms with E-state index in [9.17, 15) is 0 Å². The summed E-state index contributed by atoms with van der Waals surface area (Å²) in [5, 5.41) is 8.75. The fourth-order valence-electron chi connectivity index (χ4n) is 1.11. The van der Waals surface area contributed by atoms with Gasteiger partial charge in [0.1, 0.15) is 0 Å². The van der Waals surface area contributed by atoms with Gasteiger partial charge in [-0.2, -0.15) is 0 Å². The fraction of sp³-hybridized carbons (Fsp3) is 1.00. The minimum absolute atomic E-state index is 0.314. The van der Waals surface area contributed by atoms with Crippen LogP contribution in [0.4, 0.5) is 0 Å². The van der Waals surface area contributed by atoms with E-state index in [0.717, 1.165) is 26.1 Å². The summed E-state index contributed by atoms with van der Waals surface area (Å²) in [6.45, 7) is 13.2. The summed E-state index contributed by atoms with van der Waals surface area (Å²) in [4.78, 5) is 4.19. The summed E-state index contributed by atoms with van der Waals surface area (Å²) in [5.41, 5.74) is 0. The Kier molecular flexibility index (Phi) is 38.2. The number of hydrogen-bond donors (Lipinski definition) is 1. The normalized spacial score (nSPS) is 10.7. The van der Waals surface area contributed by atoms with Gasteiger partial charge in [-0.15, -0.1) is 0 Å². The Morgan fingerprint density at radius 2 is 1.40 bits per heavy atom. The molecule has 0 aliphatic rings. The lowest BCUT2D eigenvalue weighted by Gasteiger charge is -2.16. The molecule has 1 unspecified atom stereocenters. The lowest BCUT2D eigenvalue weighted by Crippen LogP contribution is -2.23. The molecule has 4 nitrogen and oxygen atoms in total. The summed E-state index contributed by atoms with van der Waals surface area (Å²) in [5.74, 6) is 0.458. The highest BCUT2D eigenvalue weighted by molar-refractivity contribution is 4.56. The largest absolute Gasteiger partial charge is 0.396 e. The molecule has 0 aliphatic carbocycles. The Balaban J connectivity index is -0.000000104. The lowest BCUT2D eigenvalue weighted by molar-refractivity contribution is 0.172. The molecule has 0 aliphatic heterocycles. The van der Waals surface area contributed by atoms with E-state index in [1.807, 2.05) is 55.9 Å². The third-order valence-corrected chi connectivity index (χ3v) is 2.20. The SMILES string of the molecule is CC.CC.CCC(CO)CN(C)C.COCCN(C)C. The summed E-state index contributed by atoms with van der Waals surface area (Å²) in [7, 11) is 9.82. The molecule has 20 heavy (non-hydrogen) atoms. The van der Waals surface area contributed by atoms with E-state index in [0.29, 0.717) is 12.5 Å². The molecule has 0 saturated heterocycles. The zero-order valence-electron chi connectivity index (χ0n) is 15.9. The van der Waals surface area contributed by atoms with Crippen LogP contribution in [-0.2, 0) is 4.74 Å². The summed E-state index contributed by atoms with van der Waals surface area (Å²) >= 11 is 0. The van der Waals surface area contributed by atoms with Crippen LogP contribution in [0.15, 0.2) is 0 Å². The molecule has 0 fully saturated rings.